The molecule has 238 valence electrons. The maximum absolute atomic E-state index is 4.91. The first kappa shape index (κ1) is 30.4. The molecule has 0 N–H and O–H groups in total. The molecular formula is C49H36S. The Labute approximate surface area is 300 Å². The summed E-state index contributed by atoms with van der Waals surface area (Å²) in [6.07, 6.45) is 0. The second-order valence-corrected chi connectivity index (χ2v) is 13.9. The van der Waals surface area contributed by atoms with E-state index in [1.807, 2.05) is 0 Å². The number of fused-ring (bicyclic) bond motifs is 4. The van der Waals surface area contributed by atoms with Crippen molar-refractivity contribution >= 4 is 23.4 Å². The highest BCUT2D eigenvalue weighted by Crippen LogP contribution is 2.58. The molecule has 1 heteroatoms. The van der Waals surface area contributed by atoms with Crippen LogP contribution in [0.15, 0.2) is 181 Å². The average Bonchev–Trinajstić information content (AvgIpc) is 3.47. The zero-order chi connectivity index (χ0) is 33.8. The van der Waals surface area contributed by atoms with Gasteiger partial charge in [-0.25, -0.2) is 0 Å². The van der Waals surface area contributed by atoms with E-state index in [1.165, 1.54) is 88.7 Å². The van der Waals surface area contributed by atoms with Crippen LogP contribution in [0.25, 0.3) is 55.3 Å². The summed E-state index contributed by atoms with van der Waals surface area (Å²) in [5, 5.41) is 2.40. The maximum atomic E-state index is 4.91. The zero-order valence-electron chi connectivity index (χ0n) is 28.2. The highest BCUT2D eigenvalue weighted by atomic mass is 32.1. The van der Waals surface area contributed by atoms with Crippen LogP contribution in [-0.2, 0) is 5.41 Å². The summed E-state index contributed by atoms with van der Waals surface area (Å²) in [5.41, 5.74) is 17.3. The smallest absolute Gasteiger partial charge is 0.0713 e. The lowest BCUT2D eigenvalue weighted by atomic mass is 9.67. The molecule has 8 aromatic rings. The van der Waals surface area contributed by atoms with Crippen LogP contribution < -0.4 is 0 Å². The topological polar surface area (TPSA) is 0 Å². The van der Waals surface area contributed by atoms with Crippen LogP contribution in [-0.4, -0.2) is 0 Å². The van der Waals surface area contributed by atoms with Gasteiger partial charge in [0.25, 0.3) is 0 Å². The molecule has 0 saturated carbocycles. The lowest BCUT2D eigenvalue weighted by molar-refractivity contribution is 0.768. The minimum Gasteiger partial charge on any atom is -0.143 e. The van der Waals surface area contributed by atoms with Crippen molar-refractivity contribution in [2.45, 2.75) is 24.2 Å². The van der Waals surface area contributed by atoms with Crippen molar-refractivity contribution in [3.8, 4) is 44.5 Å². The second-order valence-electron chi connectivity index (χ2n) is 13.5. The van der Waals surface area contributed by atoms with Crippen molar-refractivity contribution in [1.29, 1.82) is 0 Å². The van der Waals surface area contributed by atoms with E-state index in [1.54, 1.807) is 0 Å². The molecule has 0 bridgehead atoms. The first-order valence-electron chi connectivity index (χ1n) is 17.3. The third-order valence-electron chi connectivity index (χ3n) is 10.7. The summed E-state index contributed by atoms with van der Waals surface area (Å²) in [7, 11) is 0. The Bertz CT molecular complexity index is 2520. The molecule has 0 spiro atoms. The third-order valence-corrected chi connectivity index (χ3v) is 11.1. The molecule has 9 rings (SSSR count). The molecule has 0 aliphatic heterocycles. The molecule has 0 radical (unpaired) electrons. The van der Waals surface area contributed by atoms with Gasteiger partial charge in [0, 0.05) is 10.3 Å². The largest absolute Gasteiger partial charge is 0.143 e. The van der Waals surface area contributed by atoms with Gasteiger partial charge >= 0.3 is 0 Å². The maximum Gasteiger partial charge on any atom is 0.0713 e. The van der Waals surface area contributed by atoms with E-state index in [0.717, 1.165) is 4.90 Å². The predicted octanol–water partition coefficient (Wildman–Crippen LogP) is 13.1. The molecule has 0 atom stereocenters. The van der Waals surface area contributed by atoms with Crippen molar-refractivity contribution in [3.63, 3.8) is 0 Å². The van der Waals surface area contributed by atoms with E-state index in [2.05, 4.69) is 190 Å². The monoisotopic (exact) mass is 656 g/mol. The number of hydrogen-bond acceptors (Lipinski definition) is 1. The summed E-state index contributed by atoms with van der Waals surface area (Å²) in [5.74, 6) is 0. The van der Waals surface area contributed by atoms with Gasteiger partial charge in [0.1, 0.15) is 0 Å². The summed E-state index contributed by atoms with van der Waals surface area (Å²) in [4.78, 5) is 0.998. The lowest BCUT2D eigenvalue weighted by Gasteiger charge is -2.34. The lowest BCUT2D eigenvalue weighted by Crippen LogP contribution is -2.28. The minimum atomic E-state index is -0.440. The van der Waals surface area contributed by atoms with Gasteiger partial charge in [-0.2, -0.15) is 0 Å². The van der Waals surface area contributed by atoms with Crippen molar-refractivity contribution in [2.75, 3.05) is 0 Å². The molecule has 1 aliphatic carbocycles. The van der Waals surface area contributed by atoms with E-state index in [0.29, 0.717) is 0 Å². The molecule has 1 aliphatic rings. The van der Waals surface area contributed by atoms with Gasteiger partial charge in [-0.3, -0.25) is 0 Å². The van der Waals surface area contributed by atoms with Crippen molar-refractivity contribution < 1.29 is 0 Å². The Balaban J connectivity index is 1.32. The quantitative estimate of drug-likeness (QED) is 0.175. The molecular weight excluding hydrogens is 621 g/mol. The van der Waals surface area contributed by atoms with Gasteiger partial charge in [-0.1, -0.05) is 164 Å². The number of thiol groups is 1. The van der Waals surface area contributed by atoms with Gasteiger partial charge in [0.2, 0.25) is 0 Å². The van der Waals surface area contributed by atoms with Gasteiger partial charge in [0.15, 0.2) is 0 Å². The van der Waals surface area contributed by atoms with E-state index < -0.39 is 5.41 Å². The highest BCUT2D eigenvalue weighted by Gasteiger charge is 2.46. The fourth-order valence-electron chi connectivity index (χ4n) is 8.61. The first-order chi connectivity index (χ1) is 24.6. The number of benzene rings is 8. The van der Waals surface area contributed by atoms with Gasteiger partial charge < -0.3 is 0 Å². The minimum absolute atomic E-state index is 0.440. The summed E-state index contributed by atoms with van der Waals surface area (Å²) >= 11 is 4.91. The SMILES string of the molecule is Cc1ccc(-c2c(C)cccc2-c2cccc3c2-c2ccccc2C3(c2ccccc2)c2ccccc2)cc1-c1cccc2cccc(S)c12. The van der Waals surface area contributed by atoms with E-state index in [-0.39, 0.29) is 0 Å². The Kier molecular flexibility index (Phi) is 7.34. The molecule has 0 heterocycles. The normalized spacial score (nSPS) is 12.9. The second kappa shape index (κ2) is 12.1. The Morgan fingerprint density at radius 1 is 0.400 bits per heavy atom. The van der Waals surface area contributed by atoms with Crippen LogP contribution >= 0.6 is 12.6 Å². The molecule has 0 nitrogen and oxygen atoms in total. The van der Waals surface area contributed by atoms with Gasteiger partial charge in [-0.05, 0) is 109 Å². The van der Waals surface area contributed by atoms with E-state index in [4.69, 9.17) is 12.6 Å². The standard InChI is InChI=1S/C49H36S/c1-32-29-30-35(31-42(32)40-24-12-16-34-17-13-28-45(50)47(34)40)46-33(2)15-11-23-38(46)39-25-14-27-44-48(39)41-22-9-10-26-43(41)49(44,36-18-5-3-6-19-36)37-20-7-4-8-21-37/h3-31,50H,1-2H3. The molecule has 0 saturated heterocycles. The van der Waals surface area contributed by atoms with Gasteiger partial charge in [-0.15, -0.1) is 12.6 Å². The van der Waals surface area contributed by atoms with Crippen LogP contribution in [0, 0.1) is 13.8 Å². The Hall–Kier alpha value is -5.63. The fraction of sp³-hybridized carbons (Fsp3) is 0.0612. The first-order valence-corrected chi connectivity index (χ1v) is 17.8. The van der Waals surface area contributed by atoms with E-state index in [9.17, 15) is 0 Å². The van der Waals surface area contributed by atoms with E-state index >= 15 is 0 Å². The molecule has 0 fully saturated rings. The Morgan fingerprint density at radius 2 is 0.960 bits per heavy atom. The summed E-state index contributed by atoms with van der Waals surface area (Å²) in [6.45, 7) is 4.46. The van der Waals surface area contributed by atoms with Crippen LogP contribution in [0.4, 0.5) is 0 Å². The number of hydrogen-bond donors (Lipinski definition) is 1. The molecule has 50 heavy (non-hydrogen) atoms. The highest BCUT2D eigenvalue weighted by molar-refractivity contribution is 7.80. The molecule has 0 aromatic heterocycles. The average molecular weight is 657 g/mol. The fourth-order valence-corrected chi connectivity index (χ4v) is 8.94. The third kappa shape index (κ3) is 4.54. The van der Waals surface area contributed by atoms with Gasteiger partial charge in [0.05, 0.1) is 5.41 Å². The molecule has 0 unspecified atom stereocenters. The molecule has 0 amide bonds. The summed E-state index contributed by atoms with van der Waals surface area (Å²) < 4.78 is 0. The van der Waals surface area contributed by atoms with Crippen LogP contribution in [0.3, 0.4) is 0 Å². The van der Waals surface area contributed by atoms with Crippen molar-refractivity contribution in [1.82, 2.24) is 0 Å². The van der Waals surface area contributed by atoms with Crippen LogP contribution in [0.5, 0.6) is 0 Å². The molecule has 8 aromatic carbocycles. The zero-order valence-corrected chi connectivity index (χ0v) is 29.1. The van der Waals surface area contributed by atoms with Crippen LogP contribution in [0.1, 0.15) is 33.4 Å². The number of rotatable bonds is 5. The van der Waals surface area contributed by atoms with Crippen molar-refractivity contribution in [2.24, 2.45) is 0 Å². The predicted molar refractivity (Wildman–Crippen MR) is 214 cm³/mol. The van der Waals surface area contributed by atoms with Crippen LogP contribution in [0.2, 0.25) is 0 Å². The Morgan fingerprint density at radius 3 is 1.70 bits per heavy atom. The van der Waals surface area contributed by atoms with Crippen molar-refractivity contribution in [3.05, 3.63) is 209 Å². The number of aryl methyl sites for hydroxylation is 2. The summed E-state index contributed by atoms with van der Waals surface area (Å²) in [6, 6.07) is 64.7.